The van der Waals surface area contributed by atoms with Crippen molar-refractivity contribution >= 4 is 0 Å². The van der Waals surface area contributed by atoms with Crippen molar-refractivity contribution in [2.24, 2.45) is 0 Å². The maximum Gasteiger partial charge on any atom is 0.266 e. The maximum absolute atomic E-state index is 12.6. The number of nitriles is 1. The zero-order chi connectivity index (χ0) is 19.6. The first kappa shape index (κ1) is 18.3. The maximum atomic E-state index is 12.6. The first-order valence-electron chi connectivity index (χ1n) is 8.46. The Hall–Kier alpha value is -3.52. The molecule has 0 aliphatic carbocycles. The Morgan fingerprint density at radius 2 is 1.67 bits per heavy atom. The number of aromatic nitrogens is 1. The summed E-state index contributed by atoms with van der Waals surface area (Å²) in [5, 5.41) is 9.51. The van der Waals surface area contributed by atoms with Gasteiger partial charge in [-0.05, 0) is 49.2 Å². The van der Waals surface area contributed by atoms with Crippen LogP contribution in [0, 0.1) is 25.2 Å². The van der Waals surface area contributed by atoms with Crippen LogP contribution >= 0.6 is 0 Å². The minimum absolute atomic E-state index is 0.103. The molecule has 1 aromatic heterocycles. The number of hydrogen-bond donors (Lipinski definition) is 1. The second-order valence-corrected chi connectivity index (χ2v) is 6.30. The van der Waals surface area contributed by atoms with E-state index in [4.69, 9.17) is 9.47 Å². The number of H-pyrrole nitrogens is 1. The topological polar surface area (TPSA) is 75.1 Å². The number of nitrogens with one attached hydrogen (secondary N) is 1. The van der Waals surface area contributed by atoms with Crippen LogP contribution in [0.2, 0.25) is 0 Å². The zero-order valence-electron chi connectivity index (χ0n) is 15.7. The molecule has 0 amide bonds. The first-order chi connectivity index (χ1) is 13.0. The van der Waals surface area contributed by atoms with Crippen molar-refractivity contribution in [1.29, 1.82) is 5.26 Å². The summed E-state index contributed by atoms with van der Waals surface area (Å²) in [6.45, 7) is 3.98. The number of aryl methyl sites for hydroxylation is 2. The summed E-state index contributed by atoms with van der Waals surface area (Å²) in [4.78, 5) is 15.4. The summed E-state index contributed by atoms with van der Waals surface area (Å²) in [6, 6.07) is 15.2. The van der Waals surface area contributed by atoms with E-state index >= 15 is 0 Å². The molecule has 0 unspecified atom stereocenters. The smallest absolute Gasteiger partial charge is 0.266 e. The Bertz CT molecular complexity index is 1110. The molecule has 27 heavy (non-hydrogen) atoms. The van der Waals surface area contributed by atoms with Crippen molar-refractivity contribution in [3.05, 3.63) is 69.5 Å². The van der Waals surface area contributed by atoms with Gasteiger partial charge in [-0.15, -0.1) is 0 Å². The standard InChI is InChI=1S/C22H20N2O3/c1-13-5-7-16(14(2)9-13)17-11-19(24-22(25)18(17)12-23)15-6-8-20(26-3)21(10-15)27-4/h5-11H,1-4H3,(H,24,25). The highest BCUT2D eigenvalue weighted by molar-refractivity contribution is 5.77. The molecule has 136 valence electrons. The van der Waals surface area contributed by atoms with Gasteiger partial charge in [0, 0.05) is 16.8 Å². The number of hydrogen-bond acceptors (Lipinski definition) is 4. The summed E-state index contributed by atoms with van der Waals surface area (Å²) < 4.78 is 10.6. The summed E-state index contributed by atoms with van der Waals surface area (Å²) in [7, 11) is 3.13. The van der Waals surface area contributed by atoms with Gasteiger partial charge in [0.05, 0.1) is 14.2 Å². The fourth-order valence-electron chi connectivity index (χ4n) is 3.16. The lowest BCUT2D eigenvalue weighted by atomic mass is 9.94. The van der Waals surface area contributed by atoms with E-state index in [1.54, 1.807) is 26.4 Å². The van der Waals surface area contributed by atoms with Crippen LogP contribution in [0.25, 0.3) is 22.4 Å². The molecule has 0 saturated carbocycles. The van der Waals surface area contributed by atoms with Gasteiger partial charge in [0.1, 0.15) is 11.6 Å². The SMILES string of the molecule is COc1ccc(-c2cc(-c3ccc(C)cc3C)c(C#N)c(=O)[nH]2)cc1OC. The first-order valence-corrected chi connectivity index (χ1v) is 8.46. The van der Waals surface area contributed by atoms with Gasteiger partial charge >= 0.3 is 0 Å². The molecule has 2 aromatic carbocycles. The molecule has 1 heterocycles. The van der Waals surface area contributed by atoms with Crippen LogP contribution in [0.3, 0.4) is 0 Å². The third kappa shape index (κ3) is 3.42. The molecule has 0 radical (unpaired) electrons. The molecule has 5 nitrogen and oxygen atoms in total. The van der Waals surface area contributed by atoms with Crippen LogP contribution in [-0.4, -0.2) is 19.2 Å². The Morgan fingerprint density at radius 3 is 2.30 bits per heavy atom. The number of benzene rings is 2. The van der Waals surface area contributed by atoms with Crippen LogP contribution < -0.4 is 15.0 Å². The van der Waals surface area contributed by atoms with Crippen molar-refractivity contribution in [3.8, 4) is 40.0 Å². The molecule has 3 rings (SSSR count). The number of pyridine rings is 1. The second kappa shape index (κ2) is 7.38. The van der Waals surface area contributed by atoms with E-state index in [1.807, 2.05) is 50.2 Å². The number of methoxy groups -OCH3 is 2. The molecule has 0 aliphatic heterocycles. The van der Waals surface area contributed by atoms with E-state index in [2.05, 4.69) is 4.98 Å². The summed E-state index contributed by atoms with van der Waals surface area (Å²) in [6.07, 6.45) is 0. The highest BCUT2D eigenvalue weighted by Gasteiger charge is 2.15. The van der Waals surface area contributed by atoms with E-state index in [0.29, 0.717) is 22.8 Å². The number of rotatable bonds is 4. The largest absolute Gasteiger partial charge is 0.493 e. The predicted molar refractivity (Wildman–Crippen MR) is 105 cm³/mol. The Labute approximate surface area is 157 Å². The Kier molecular flexibility index (Phi) is 5.00. The molecule has 0 aliphatic rings. The van der Waals surface area contributed by atoms with Crippen LogP contribution in [0.15, 0.2) is 47.3 Å². The highest BCUT2D eigenvalue weighted by atomic mass is 16.5. The third-order valence-electron chi connectivity index (χ3n) is 4.51. The van der Waals surface area contributed by atoms with Gasteiger partial charge in [-0.2, -0.15) is 5.26 Å². The lowest BCUT2D eigenvalue weighted by molar-refractivity contribution is 0.355. The summed E-state index contributed by atoms with van der Waals surface area (Å²) in [5.74, 6) is 1.17. The minimum Gasteiger partial charge on any atom is -0.493 e. The molecule has 3 aromatic rings. The van der Waals surface area contributed by atoms with E-state index in [-0.39, 0.29) is 5.56 Å². The quantitative estimate of drug-likeness (QED) is 0.756. The molecule has 0 atom stereocenters. The van der Waals surface area contributed by atoms with Crippen LogP contribution in [-0.2, 0) is 0 Å². The van der Waals surface area contributed by atoms with Gasteiger partial charge in [0.15, 0.2) is 11.5 Å². The second-order valence-electron chi connectivity index (χ2n) is 6.30. The molecule has 5 heteroatoms. The van der Waals surface area contributed by atoms with Crippen molar-refractivity contribution < 1.29 is 9.47 Å². The van der Waals surface area contributed by atoms with Crippen molar-refractivity contribution in [2.75, 3.05) is 14.2 Å². The van der Waals surface area contributed by atoms with Crippen LogP contribution in [0.5, 0.6) is 11.5 Å². The fraction of sp³-hybridized carbons (Fsp3) is 0.182. The molecular formula is C22H20N2O3. The van der Waals surface area contributed by atoms with Crippen molar-refractivity contribution in [2.45, 2.75) is 13.8 Å². The molecule has 1 N–H and O–H groups in total. The van der Waals surface area contributed by atoms with Gasteiger partial charge < -0.3 is 14.5 Å². The lowest BCUT2D eigenvalue weighted by Gasteiger charge is -2.13. The monoisotopic (exact) mass is 360 g/mol. The van der Waals surface area contributed by atoms with Gasteiger partial charge in [0.25, 0.3) is 5.56 Å². The van der Waals surface area contributed by atoms with E-state index in [1.165, 1.54) is 0 Å². The highest BCUT2D eigenvalue weighted by Crippen LogP contribution is 2.33. The van der Waals surface area contributed by atoms with Gasteiger partial charge in [0.2, 0.25) is 0 Å². The lowest BCUT2D eigenvalue weighted by Crippen LogP contribution is -2.13. The average molecular weight is 360 g/mol. The third-order valence-corrected chi connectivity index (χ3v) is 4.51. The number of nitrogens with zero attached hydrogens (tertiary/aromatic N) is 1. The van der Waals surface area contributed by atoms with Gasteiger partial charge in [-0.1, -0.05) is 23.8 Å². The van der Waals surface area contributed by atoms with E-state index in [9.17, 15) is 10.1 Å². The average Bonchev–Trinajstić information content (AvgIpc) is 2.66. The summed E-state index contributed by atoms with van der Waals surface area (Å²) in [5.41, 5.74) is 4.67. The predicted octanol–water partition coefficient (Wildman–Crippen LogP) is 4.21. The number of ether oxygens (including phenoxy) is 2. The van der Waals surface area contributed by atoms with Crippen LogP contribution in [0.1, 0.15) is 16.7 Å². The fourth-order valence-corrected chi connectivity index (χ4v) is 3.16. The van der Waals surface area contributed by atoms with Crippen molar-refractivity contribution in [3.63, 3.8) is 0 Å². The Balaban J connectivity index is 2.24. The molecule has 0 spiro atoms. The zero-order valence-corrected chi connectivity index (χ0v) is 15.7. The number of aromatic amines is 1. The summed E-state index contributed by atoms with van der Waals surface area (Å²) >= 11 is 0. The van der Waals surface area contributed by atoms with Crippen molar-refractivity contribution in [1.82, 2.24) is 4.98 Å². The van der Waals surface area contributed by atoms with Gasteiger partial charge in [-0.3, -0.25) is 4.79 Å². The van der Waals surface area contributed by atoms with E-state index < -0.39 is 5.56 Å². The van der Waals surface area contributed by atoms with Gasteiger partial charge in [-0.25, -0.2) is 0 Å². The van der Waals surface area contributed by atoms with Crippen LogP contribution in [0.4, 0.5) is 0 Å². The normalized spacial score (nSPS) is 10.3. The molecule has 0 bridgehead atoms. The van der Waals surface area contributed by atoms with E-state index in [0.717, 1.165) is 22.3 Å². The molecule has 0 saturated heterocycles. The molecule has 0 fully saturated rings. The minimum atomic E-state index is -0.417. The molecular weight excluding hydrogens is 340 g/mol. The Morgan fingerprint density at radius 1 is 0.926 bits per heavy atom.